The van der Waals surface area contributed by atoms with Gasteiger partial charge in [-0.15, -0.1) is 11.6 Å². The number of rotatable bonds is 4. The third-order valence-electron chi connectivity index (χ3n) is 3.02. The van der Waals surface area contributed by atoms with Gasteiger partial charge in [0.1, 0.15) is 23.2 Å². The molecular formula is C12H14ClN3O4. The summed E-state index contributed by atoms with van der Waals surface area (Å²) in [6, 6.07) is 1.11. The monoisotopic (exact) mass is 299 g/mol. The Morgan fingerprint density at radius 2 is 2.45 bits per heavy atom. The molecule has 8 heteroatoms. The molecule has 1 fully saturated rings. The van der Waals surface area contributed by atoms with Crippen molar-refractivity contribution < 1.29 is 18.7 Å². The van der Waals surface area contributed by atoms with Gasteiger partial charge in [-0.1, -0.05) is 5.11 Å². The third-order valence-corrected chi connectivity index (χ3v) is 3.54. The van der Waals surface area contributed by atoms with Gasteiger partial charge < -0.3 is 13.9 Å². The molecule has 3 atom stereocenters. The minimum atomic E-state index is -0.547. The van der Waals surface area contributed by atoms with Crippen LogP contribution in [0.1, 0.15) is 34.9 Å². The summed E-state index contributed by atoms with van der Waals surface area (Å²) in [5.74, 6) is 0.426. The summed E-state index contributed by atoms with van der Waals surface area (Å²) in [6.45, 7) is 3.90. The van der Waals surface area contributed by atoms with E-state index >= 15 is 0 Å². The average Bonchev–Trinajstić information content (AvgIpc) is 2.95. The molecule has 108 valence electrons. The highest BCUT2D eigenvalue weighted by Crippen LogP contribution is 2.36. The number of alkyl halides is 1. The Labute approximate surface area is 120 Å². The van der Waals surface area contributed by atoms with Crippen molar-refractivity contribution in [1.29, 1.82) is 0 Å². The topological polar surface area (TPSA) is 97.4 Å². The van der Waals surface area contributed by atoms with Crippen molar-refractivity contribution in [2.45, 2.75) is 31.4 Å². The van der Waals surface area contributed by atoms with Gasteiger partial charge in [-0.25, -0.2) is 4.79 Å². The number of carbonyl (C=O) groups is 1. The van der Waals surface area contributed by atoms with E-state index in [9.17, 15) is 4.79 Å². The number of ether oxygens (including phenoxy) is 2. The van der Waals surface area contributed by atoms with Crippen molar-refractivity contribution >= 4 is 17.6 Å². The second-order valence-electron chi connectivity index (χ2n) is 4.31. The standard InChI is InChI=1S/C12H14ClN3O4/c1-3-18-12(17)7-4-9(20-6(7)2)11-10(13)8(5-19-11)15-16-14/h4,8,10-11H,3,5H2,1-2H3/t8-,10+,11-/m1/s1. The maximum Gasteiger partial charge on any atom is 0.341 e. The molecule has 0 saturated carbocycles. The summed E-state index contributed by atoms with van der Waals surface area (Å²) in [6.07, 6.45) is -0.547. The summed E-state index contributed by atoms with van der Waals surface area (Å²) < 4.78 is 15.9. The Bertz CT molecular complexity index is 553. The van der Waals surface area contributed by atoms with Crippen LogP contribution in [-0.2, 0) is 9.47 Å². The molecule has 0 aromatic carbocycles. The molecule has 0 spiro atoms. The molecule has 1 saturated heterocycles. The third kappa shape index (κ3) is 2.75. The van der Waals surface area contributed by atoms with Gasteiger partial charge in [0, 0.05) is 4.91 Å². The van der Waals surface area contributed by atoms with Crippen LogP contribution in [0.3, 0.4) is 0 Å². The van der Waals surface area contributed by atoms with E-state index in [1.54, 1.807) is 19.9 Å². The number of hydrogen-bond donors (Lipinski definition) is 0. The lowest BCUT2D eigenvalue weighted by molar-refractivity contribution is 0.0524. The molecule has 1 aromatic heterocycles. The van der Waals surface area contributed by atoms with Gasteiger partial charge in [-0.3, -0.25) is 0 Å². The molecule has 20 heavy (non-hydrogen) atoms. The van der Waals surface area contributed by atoms with Crippen molar-refractivity contribution in [3.63, 3.8) is 0 Å². The highest BCUT2D eigenvalue weighted by atomic mass is 35.5. The Morgan fingerprint density at radius 1 is 1.70 bits per heavy atom. The number of hydrogen-bond acceptors (Lipinski definition) is 5. The molecule has 0 aliphatic carbocycles. The van der Waals surface area contributed by atoms with E-state index in [2.05, 4.69) is 10.0 Å². The van der Waals surface area contributed by atoms with E-state index in [-0.39, 0.29) is 13.2 Å². The lowest BCUT2D eigenvalue weighted by Crippen LogP contribution is -2.17. The van der Waals surface area contributed by atoms with Crippen LogP contribution in [0.2, 0.25) is 0 Å². The van der Waals surface area contributed by atoms with Crippen LogP contribution >= 0.6 is 11.6 Å². The first-order valence-electron chi connectivity index (χ1n) is 6.15. The van der Waals surface area contributed by atoms with Crippen molar-refractivity contribution in [3.8, 4) is 0 Å². The van der Waals surface area contributed by atoms with Gasteiger partial charge in [0.25, 0.3) is 0 Å². The molecule has 1 aliphatic heterocycles. The minimum Gasteiger partial charge on any atom is -0.463 e. The Balaban J connectivity index is 2.20. The van der Waals surface area contributed by atoms with E-state index < -0.39 is 23.5 Å². The zero-order valence-corrected chi connectivity index (χ0v) is 11.8. The van der Waals surface area contributed by atoms with E-state index in [0.29, 0.717) is 17.1 Å². The molecule has 1 aliphatic rings. The van der Waals surface area contributed by atoms with Crippen LogP contribution in [-0.4, -0.2) is 30.6 Å². The summed E-state index contributed by atoms with van der Waals surface area (Å²) in [7, 11) is 0. The lowest BCUT2D eigenvalue weighted by Gasteiger charge is -2.11. The molecule has 0 amide bonds. The number of esters is 1. The summed E-state index contributed by atoms with van der Waals surface area (Å²) in [5.41, 5.74) is 8.79. The Hall–Kier alpha value is -1.69. The Morgan fingerprint density at radius 3 is 3.10 bits per heavy atom. The van der Waals surface area contributed by atoms with Gasteiger partial charge in [-0.2, -0.15) is 0 Å². The van der Waals surface area contributed by atoms with E-state index in [1.807, 2.05) is 0 Å². The van der Waals surface area contributed by atoms with E-state index in [0.717, 1.165) is 0 Å². The SMILES string of the molecule is CCOC(=O)c1cc([C@H]2OC[C@@H](N=[N+]=[N-])[C@@H]2Cl)oc1C. The van der Waals surface area contributed by atoms with Crippen molar-refractivity contribution in [1.82, 2.24) is 0 Å². The predicted octanol–water partition coefficient (Wildman–Crippen LogP) is 3.12. The van der Waals surface area contributed by atoms with Gasteiger partial charge >= 0.3 is 5.97 Å². The van der Waals surface area contributed by atoms with Gasteiger partial charge in [0.05, 0.1) is 24.6 Å². The van der Waals surface area contributed by atoms with E-state index in [4.69, 9.17) is 31.0 Å². The number of halogens is 1. The zero-order valence-electron chi connectivity index (χ0n) is 11.1. The number of aryl methyl sites for hydroxylation is 1. The molecule has 2 rings (SSSR count). The molecule has 1 aromatic rings. The van der Waals surface area contributed by atoms with Gasteiger partial charge in [-0.05, 0) is 25.4 Å². The fourth-order valence-corrected chi connectivity index (χ4v) is 2.37. The first-order valence-corrected chi connectivity index (χ1v) is 6.59. The molecule has 0 radical (unpaired) electrons. The highest BCUT2D eigenvalue weighted by molar-refractivity contribution is 6.21. The summed E-state index contributed by atoms with van der Waals surface area (Å²) in [5, 5.41) is 3.03. The van der Waals surface area contributed by atoms with Crippen LogP contribution in [0.4, 0.5) is 0 Å². The normalized spacial score (nSPS) is 25.2. The zero-order chi connectivity index (χ0) is 14.7. The second kappa shape index (κ2) is 6.17. The van der Waals surface area contributed by atoms with Crippen LogP contribution < -0.4 is 0 Å². The van der Waals surface area contributed by atoms with Crippen molar-refractivity contribution in [2.75, 3.05) is 13.2 Å². The molecule has 0 N–H and O–H groups in total. The predicted molar refractivity (Wildman–Crippen MR) is 70.7 cm³/mol. The maximum absolute atomic E-state index is 11.7. The second-order valence-corrected chi connectivity index (χ2v) is 4.81. The number of nitrogens with zero attached hydrogens (tertiary/aromatic N) is 3. The van der Waals surface area contributed by atoms with E-state index in [1.165, 1.54) is 0 Å². The number of carbonyl (C=O) groups excluding carboxylic acids is 1. The Kier molecular flexibility index (Phi) is 4.54. The quantitative estimate of drug-likeness (QED) is 0.280. The fourth-order valence-electron chi connectivity index (χ4n) is 2.05. The van der Waals surface area contributed by atoms with Crippen LogP contribution in [0.15, 0.2) is 15.6 Å². The van der Waals surface area contributed by atoms with Crippen LogP contribution in [0.25, 0.3) is 10.4 Å². The highest BCUT2D eigenvalue weighted by Gasteiger charge is 2.39. The summed E-state index contributed by atoms with van der Waals surface area (Å²) >= 11 is 6.19. The lowest BCUT2D eigenvalue weighted by atomic mass is 10.1. The van der Waals surface area contributed by atoms with Gasteiger partial charge in [0.2, 0.25) is 0 Å². The summed E-state index contributed by atoms with van der Waals surface area (Å²) in [4.78, 5) is 14.4. The first kappa shape index (κ1) is 14.7. The van der Waals surface area contributed by atoms with Crippen LogP contribution in [0.5, 0.6) is 0 Å². The molecule has 0 unspecified atom stereocenters. The largest absolute Gasteiger partial charge is 0.463 e. The minimum absolute atomic E-state index is 0.220. The maximum atomic E-state index is 11.7. The fraction of sp³-hybridized carbons (Fsp3) is 0.583. The first-order chi connectivity index (χ1) is 9.58. The molecule has 0 bridgehead atoms. The van der Waals surface area contributed by atoms with Crippen LogP contribution in [0, 0.1) is 6.92 Å². The van der Waals surface area contributed by atoms with Gasteiger partial charge in [0.15, 0.2) is 0 Å². The van der Waals surface area contributed by atoms with Crippen molar-refractivity contribution in [2.24, 2.45) is 5.11 Å². The smallest absolute Gasteiger partial charge is 0.341 e. The number of azide groups is 1. The molecule has 2 heterocycles. The molecule has 7 nitrogen and oxygen atoms in total. The average molecular weight is 300 g/mol. The molecular weight excluding hydrogens is 286 g/mol. The van der Waals surface area contributed by atoms with Crippen molar-refractivity contribution in [3.05, 3.63) is 33.6 Å². The number of furan rings is 1.